The van der Waals surface area contributed by atoms with Crippen molar-refractivity contribution in [3.63, 3.8) is 0 Å². The standard InChI is InChI=1S/C22H32N2O2S.2ClH/c1-4-5-7-14-22(25)26-18-20(23(2)3)16-24(17-21-13-10-15-27-21)19-11-8-6-9-12-19;;/h6,8-13,15,20H,4-5,7,14,16-18H2,1-3H3;2*1H. The monoisotopic (exact) mass is 460 g/mol. The number of para-hydroxylation sites is 1. The quantitative estimate of drug-likeness (QED) is 0.302. The summed E-state index contributed by atoms with van der Waals surface area (Å²) in [5, 5.41) is 2.11. The highest BCUT2D eigenvalue weighted by molar-refractivity contribution is 7.09. The molecule has 0 saturated carbocycles. The largest absolute Gasteiger partial charge is 0.464 e. The molecule has 2 rings (SSSR count). The molecule has 0 amide bonds. The van der Waals surface area contributed by atoms with Crippen LogP contribution in [0.25, 0.3) is 0 Å². The number of nitrogens with zero attached hydrogens (tertiary/aromatic N) is 2. The van der Waals surface area contributed by atoms with Gasteiger partial charge in [-0.05, 0) is 44.1 Å². The summed E-state index contributed by atoms with van der Waals surface area (Å²) in [6.45, 7) is 4.22. The number of carbonyl (C=O) groups is 1. The Hall–Kier alpha value is -1.27. The lowest BCUT2D eigenvalue weighted by atomic mass is 10.2. The molecule has 0 saturated heterocycles. The van der Waals surface area contributed by atoms with Gasteiger partial charge < -0.3 is 14.5 Å². The van der Waals surface area contributed by atoms with Crippen molar-refractivity contribution in [1.82, 2.24) is 4.90 Å². The molecular weight excluding hydrogens is 427 g/mol. The number of likely N-dealkylation sites (N-methyl/N-ethyl adjacent to an activating group) is 1. The first-order chi connectivity index (χ1) is 13.1. The fourth-order valence-corrected chi connectivity index (χ4v) is 3.61. The topological polar surface area (TPSA) is 32.8 Å². The van der Waals surface area contributed by atoms with Crippen molar-refractivity contribution in [1.29, 1.82) is 0 Å². The predicted molar refractivity (Wildman–Crippen MR) is 129 cm³/mol. The van der Waals surface area contributed by atoms with Gasteiger partial charge in [-0.3, -0.25) is 4.79 Å². The molecule has 29 heavy (non-hydrogen) atoms. The highest BCUT2D eigenvalue weighted by atomic mass is 35.5. The molecule has 0 fully saturated rings. The molecule has 4 nitrogen and oxygen atoms in total. The molecule has 1 aromatic heterocycles. The van der Waals surface area contributed by atoms with E-state index in [1.165, 1.54) is 10.6 Å². The first-order valence-electron chi connectivity index (χ1n) is 9.74. The van der Waals surface area contributed by atoms with E-state index in [2.05, 4.69) is 58.5 Å². The molecule has 0 radical (unpaired) electrons. The minimum absolute atomic E-state index is 0. The smallest absolute Gasteiger partial charge is 0.305 e. The molecule has 0 aliphatic rings. The molecule has 164 valence electrons. The third-order valence-corrected chi connectivity index (χ3v) is 5.49. The third kappa shape index (κ3) is 10.4. The van der Waals surface area contributed by atoms with Gasteiger partial charge >= 0.3 is 5.97 Å². The van der Waals surface area contributed by atoms with Crippen LogP contribution in [0.1, 0.15) is 37.5 Å². The van der Waals surface area contributed by atoms with Crippen molar-refractivity contribution < 1.29 is 9.53 Å². The third-order valence-electron chi connectivity index (χ3n) is 4.63. The maximum absolute atomic E-state index is 12.0. The molecule has 0 bridgehead atoms. The van der Waals surface area contributed by atoms with Crippen LogP contribution in [0.4, 0.5) is 5.69 Å². The molecule has 2 aromatic rings. The van der Waals surface area contributed by atoms with Crippen LogP contribution in [0, 0.1) is 0 Å². The number of carbonyl (C=O) groups excluding carboxylic acids is 1. The Morgan fingerprint density at radius 1 is 1.07 bits per heavy atom. The first kappa shape index (κ1) is 27.7. The Labute approximate surface area is 192 Å². The van der Waals surface area contributed by atoms with Gasteiger partial charge in [-0.15, -0.1) is 36.2 Å². The molecule has 0 aliphatic carbocycles. The molecule has 0 N–H and O–H groups in total. The van der Waals surface area contributed by atoms with E-state index < -0.39 is 0 Å². The lowest BCUT2D eigenvalue weighted by Crippen LogP contribution is -2.43. The Bertz CT molecular complexity index is 654. The van der Waals surface area contributed by atoms with Gasteiger partial charge in [-0.2, -0.15) is 0 Å². The van der Waals surface area contributed by atoms with E-state index in [9.17, 15) is 4.79 Å². The van der Waals surface area contributed by atoms with Crippen molar-refractivity contribution in [3.8, 4) is 0 Å². The van der Waals surface area contributed by atoms with E-state index in [-0.39, 0.29) is 36.8 Å². The second-order valence-corrected chi connectivity index (χ2v) is 8.09. The number of anilines is 1. The summed E-state index contributed by atoms with van der Waals surface area (Å²) < 4.78 is 5.58. The summed E-state index contributed by atoms with van der Waals surface area (Å²) in [5.41, 5.74) is 1.19. The molecule has 1 aromatic carbocycles. The maximum Gasteiger partial charge on any atom is 0.305 e. The number of unbranched alkanes of at least 4 members (excludes halogenated alkanes) is 2. The highest BCUT2D eigenvalue weighted by Gasteiger charge is 2.19. The van der Waals surface area contributed by atoms with Gasteiger partial charge in [-0.1, -0.05) is 44.0 Å². The fraction of sp³-hybridized carbons (Fsp3) is 0.500. The zero-order chi connectivity index (χ0) is 19.5. The van der Waals surface area contributed by atoms with Crippen LogP contribution in [0.15, 0.2) is 47.8 Å². The number of hydrogen-bond acceptors (Lipinski definition) is 5. The maximum atomic E-state index is 12.0. The Kier molecular flexibility index (Phi) is 14.9. The minimum atomic E-state index is -0.0835. The first-order valence-corrected chi connectivity index (χ1v) is 10.6. The van der Waals surface area contributed by atoms with E-state index in [1.54, 1.807) is 11.3 Å². The lowest BCUT2D eigenvalue weighted by Gasteiger charge is -2.32. The fourth-order valence-electron chi connectivity index (χ4n) is 2.89. The van der Waals surface area contributed by atoms with Gasteiger partial charge in [-0.25, -0.2) is 0 Å². The number of halogens is 2. The van der Waals surface area contributed by atoms with Crippen molar-refractivity contribution >= 4 is 47.8 Å². The van der Waals surface area contributed by atoms with Crippen LogP contribution in [-0.4, -0.2) is 44.2 Å². The summed E-state index contributed by atoms with van der Waals surface area (Å²) in [4.78, 5) is 17.8. The summed E-state index contributed by atoms with van der Waals surface area (Å²) >= 11 is 1.77. The number of hydrogen-bond donors (Lipinski definition) is 0. The highest BCUT2D eigenvalue weighted by Crippen LogP contribution is 2.20. The van der Waals surface area contributed by atoms with Crippen LogP contribution >= 0.6 is 36.2 Å². The van der Waals surface area contributed by atoms with Crippen molar-refractivity contribution in [2.24, 2.45) is 0 Å². The Morgan fingerprint density at radius 3 is 2.38 bits per heavy atom. The number of benzene rings is 1. The van der Waals surface area contributed by atoms with Crippen LogP contribution in [-0.2, 0) is 16.1 Å². The van der Waals surface area contributed by atoms with Gasteiger partial charge in [0.1, 0.15) is 6.61 Å². The van der Waals surface area contributed by atoms with E-state index in [1.807, 2.05) is 20.2 Å². The summed E-state index contributed by atoms with van der Waals surface area (Å²) in [6.07, 6.45) is 3.62. The number of rotatable bonds is 12. The summed E-state index contributed by atoms with van der Waals surface area (Å²) in [7, 11) is 4.09. The Balaban J connectivity index is 0.00000392. The molecule has 1 unspecified atom stereocenters. The van der Waals surface area contributed by atoms with Gasteiger partial charge in [0.2, 0.25) is 0 Å². The van der Waals surface area contributed by atoms with E-state index in [0.29, 0.717) is 13.0 Å². The molecule has 7 heteroatoms. The normalized spacial score (nSPS) is 11.3. The van der Waals surface area contributed by atoms with Gasteiger partial charge in [0.25, 0.3) is 0 Å². The summed E-state index contributed by atoms with van der Waals surface area (Å²) in [5.74, 6) is -0.0835. The predicted octanol–water partition coefficient (Wildman–Crippen LogP) is 5.65. The van der Waals surface area contributed by atoms with Crippen molar-refractivity contribution in [2.45, 2.75) is 45.2 Å². The van der Waals surface area contributed by atoms with E-state index in [4.69, 9.17) is 4.74 Å². The number of ether oxygens (including phenoxy) is 1. The lowest BCUT2D eigenvalue weighted by molar-refractivity contribution is -0.145. The number of esters is 1. The van der Waals surface area contributed by atoms with Crippen LogP contribution in [0.5, 0.6) is 0 Å². The molecule has 0 aliphatic heterocycles. The Morgan fingerprint density at radius 2 is 1.79 bits per heavy atom. The zero-order valence-electron chi connectivity index (χ0n) is 17.6. The zero-order valence-corrected chi connectivity index (χ0v) is 20.0. The van der Waals surface area contributed by atoms with Gasteiger partial charge in [0.05, 0.1) is 12.6 Å². The average molecular weight is 461 g/mol. The molecule has 0 spiro atoms. The second kappa shape index (κ2) is 15.6. The van der Waals surface area contributed by atoms with Crippen LogP contribution < -0.4 is 4.90 Å². The van der Waals surface area contributed by atoms with Crippen LogP contribution in [0.2, 0.25) is 0 Å². The molecular formula is C22H34Cl2N2O2S. The average Bonchev–Trinajstić information content (AvgIpc) is 3.18. The number of thiophene rings is 1. The molecule has 1 heterocycles. The van der Waals surface area contributed by atoms with E-state index in [0.717, 1.165) is 32.4 Å². The second-order valence-electron chi connectivity index (χ2n) is 7.05. The van der Waals surface area contributed by atoms with Crippen molar-refractivity contribution in [3.05, 3.63) is 52.7 Å². The summed E-state index contributed by atoms with van der Waals surface area (Å²) in [6, 6.07) is 14.8. The SMILES string of the molecule is CCCCCC(=O)OCC(CN(Cc1cccs1)c1ccccc1)N(C)C.Cl.Cl. The van der Waals surface area contributed by atoms with Crippen molar-refractivity contribution in [2.75, 3.05) is 32.1 Å². The van der Waals surface area contributed by atoms with Crippen LogP contribution in [0.3, 0.4) is 0 Å². The van der Waals surface area contributed by atoms with Gasteiger partial charge in [0, 0.05) is 23.5 Å². The minimum Gasteiger partial charge on any atom is -0.464 e. The van der Waals surface area contributed by atoms with E-state index >= 15 is 0 Å². The molecule has 1 atom stereocenters. The van der Waals surface area contributed by atoms with Gasteiger partial charge in [0.15, 0.2) is 0 Å².